The maximum Gasteiger partial charge on any atom is 0.333 e. The van der Waals surface area contributed by atoms with Gasteiger partial charge in [0.15, 0.2) is 0 Å². The van der Waals surface area contributed by atoms with Crippen molar-refractivity contribution in [1.29, 1.82) is 0 Å². The molecule has 19 heavy (non-hydrogen) atoms. The molecule has 0 aromatic heterocycles. The van der Waals surface area contributed by atoms with E-state index in [-0.39, 0.29) is 5.97 Å². The lowest BCUT2D eigenvalue weighted by Crippen LogP contribution is -2.06. The lowest BCUT2D eigenvalue weighted by atomic mass is 9.94. The van der Waals surface area contributed by atoms with Crippen molar-refractivity contribution in [2.45, 2.75) is 45.4 Å². The van der Waals surface area contributed by atoms with Crippen LogP contribution in [-0.2, 0) is 9.53 Å². The van der Waals surface area contributed by atoms with E-state index in [1.165, 1.54) is 5.56 Å². The Morgan fingerprint density at radius 3 is 2.58 bits per heavy atom. The van der Waals surface area contributed by atoms with Gasteiger partial charge in [0.25, 0.3) is 0 Å². The molecule has 1 rings (SSSR count). The summed E-state index contributed by atoms with van der Waals surface area (Å²) in [6.07, 6.45) is 3.98. The third-order valence-electron chi connectivity index (χ3n) is 3.30. The first-order chi connectivity index (χ1) is 9.15. The smallest absolute Gasteiger partial charge is 0.333 e. The summed E-state index contributed by atoms with van der Waals surface area (Å²) in [5, 5.41) is 0. The SMILES string of the molecule is C=C(CCCCC(C)c1ccccc1)C(=O)OCC. The number of rotatable bonds is 8. The zero-order valence-electron chi connectivity index (χ0n) is 12.0. The van der Waals surface area contributed by atoms with E-state index in [2.05, 4.69) is 37.8 Å². The van der Waals surface area contributed by atoms with Gasteiger partial charge < -0.3 is 4.74 Å². The van der Waals surface area contributed by atoms with Crippen molar-refractivity contribution >= 4 is 5.97 Å². The maximum absolute atomic E-state index is 11.4. The molecule has 0 fully saturated rings. The van der Waals surface area contributed by atoms with Gasteiger partial charge in [-0.3, -0.25) is 0 Å². The average Bonchev–Trinajstić information content (AvgIpc) is 2.44. The molecule has 1 atom stereocenters. The highest BCUT2D eigenvalue weighted by Crippen LogP contribution is 2.22. The first-order valence-corrected chi connectivity index (χ1v) is 7.05. The number of benzene rings is 1. The van der Waals surface area contributed by atoms with Crippen LogP contribution in [0.4, 0.5) is 0 Å². The van der Waals surface area contributed by atoms with Crippen molar-refractivity contribution < 1.29 is 9.53 Å². The summed E-state index contributed by atoms with van der Waals surface area (Å²) in [4.78, 5) is 11.4. The molecular formula is C17H24O2. The fourth-order valence-electron chi connectivity index (χ4n) is 2.07. The summed E-state index contributed by atoms with van der Waals surface area (Å²) in [7, 11) is 0. The standard InChI is InChI=1S/C17H24O2/c1-4-19-17(18)15(3)11-9-8-10-14(2)16-12-6-5-7-13-16/h5-7,12-14H,3-4,8-11H2,1-2H3. The average molecular weight is 260 g/mol. The fourth-order valence-corrected chi connectivity index (χ4v) is 2.07. The minimum absolute atomic E-state index is 0.251. The van der Waals surface area contributed by atoms with Gasteiger partial charge >= 0.3 is 5.97 Å². The molecule has 2 heteroatoms. The Kier molecular flexibility index (Phi) is 6.94. The number of hydrogen-bond acceptors (Lipinski definition) is 2. The number of esters is 1. The summed E-state index contributed by atoms with van der Waals surface area (Å²) in [6, 6.07) is 10.5. The van der Waals surface area contributed by atoms with Crippen LogP contribution in [-0.4, -0.2) is 12.6 Å². The van der Waals surface area contributed by atoms with Gasteiger partial charge in [-0.15, -0.1) is 0 Å². The zero-order chi connectivity index (χ0) is 14.1. The van der Waals surface area contributed by atoms with Gasteiger partial charge in [-0.25, -0.2) is 4.79 Å². The first kappa shape index (κ1) is 15.5. The second-order valence-electron chi connectivity index (χ2n) is 4.88. The Morgan fingerprint density at radius 1 is 1.26 bits per heavy atom. The second-order valence-corrected chi connectivity index (χ2v) is 4.88. The molecule has 0 aliphatic rings. The van der Waals surface area contributed by atoms with Crippen LogP contribution < -0.4 is 0 Å². The van der Waals surface area contributed by atoms with E-state index in [4.69, 9.17) is 4.74 Å². The molecule has 0 spiro atoms. The molecule has 1 aromatic rings. The molecule has 0 heterocycles. The van der Waals surface area contributed by atoms with E-state index in [0.717, 1.165) is 25.7 Å². The van der Waals surface area contributed by atoms with E-state index in [1.54, 1.807) is 0 Å². The summed E-state index contributed by atoms with van der Waals surface area (Å²) in [5.41, 5.74) is 1.97. The number of unbranched alkanes of at least 4 members (excludes halogenated alkanes) is 1. The molecule has 2 nitrogen and oxygen atoms in total. The molecule has 0 N–H and O–H groups in total. The molecule has 0 saturated heterocycles. The lowest BCUT2D eigenvalue weighted by Gasteiger charge is -2.11. The van der Waals surface area contributed by atoms with Crippen molar-refractivity contribution in [3.8, 4) is 0 Å². The van der Waals surface area contributed by atoms with Gasteiger partial charge in [-0.2, -0.15) is 0 Å². The van der Waals surface area contributed by atoms with E-state index in [1.807, 2.05) is 13.0 Å². The molecule has 0 aliphatic carbocycles. The lowest BCUT2D eigenvalue weighted by molar-refractivity contribution is -0.138. The Hall–Kier alpha value is -1.57. The van der Waals surface area contributed by atoms with Crippen molar-refractivity contribution in [3.63, 3.8) is 0 Å². The minimum atomic E-state index is -0.251. The van der Waals surface area contributed by atoms with Gasteiger partial charge in [-0.1, -0.05) is 50.3 Å². The molecule has 0 radical (unpaired) electrons. The van der Waals surface area contributed by atoms with E-state index in [9.17, 15) is 4.79 Å². The number of hydrogen-bond donors (Lipinski definition) is 0. The van der Waals surface area contributed by atoms with Gasteiger partial charge in [0.05, 0.1) is 6.61 Å². The third-order valence-corrected chi connectivity index (χ3v) is 3.30. The highest BCUT2D eigenvalue weighted by molar-refractivity contribution is 5.87. The van der Waals surface area contributed by atoms with Crippen molar-refractivity contribution in [1.82, 2.24) is 0 Å². The van der Waals surface area contributed by atoms with Crippen molar-refractivity contribution in [2.24, 2.45) is 0 Å². The second kappa shape index (κ2) is 8.52. The largest absolute Gasteiger partial charge is 0.463 e. The van der Waals surface area contributed by atoms with E-state index < -0.39 is 0 Å². The summed E-state index contributed by atoms with van der Waals surface area (Å²) in [5.74, 6) is 0.315. The molecule has 1 unspecified atom stereocenters. The normalized spacial score (nSPS) is 11.9. The van der Waals surface area contributed by atoms with Crippen LogP contribution in [0.3, 0.4) is 0 Å². The topological polar surface area (TPSA) is 26.3 Å². The maximum atomic E-state index is 11.4. The fraction of sp³-hybridized carbons (Fsp3) is 0.471. The number of carbonyl (C=O) groups is 1. The van der Waals surface area contributed by atoms with E-state index >= 15 is 0 Å². The van der Waals surface area contributed by atoms with Gasteiger partial charge in [0.1, 0.15) is 0 Å². The zero-order valence-corrected chi connectivity index (χ0v) is 12.0. The molecule has 0 aliphatic heterocycles. The van der Waals surface area contributed by atoms with Crippen LogP contribution in [0, 0.1) is 0 Å². The quantitative estimate of drug-likeness (QED) is 0.391. The Bertz CT molecular complexity index is 395. The predicted octanol–water partition coefficient (Wildman–Crippen LogP) is 4.47. The third kappa shape index (κ3) is 5.73. The highest BCUT2D eigenvalue weighted by Gasteiger charge is 2.08. The van der Waals surface area contributed by atoms with Crippen LogP contribution >= 0.6 is 0 Å². The van der Waals surface area contributed by atoms with Crippen LogP contribution in [0.5, 0.6) is 0 Å². The molecular weight excluding hydrogens is 236 g/mol. The van der Waals surface area contributed by atoms with Gasteiger partial charge in [-0.05, 0) is 37.7 Å². The minimum Gasteiger partial charge on any atom is -0.463 e. The molecule has 0 bridgehead atoms. The van der Waals surface area contributed by atoms with Crippen molar-refractivity contribution in [3.05, 3.63) is 48.0 Å². The van der Waals surface area contributed by atoms with Gasteiger partial charge in [0.2, 0.25) is 0 Å². The monoisotopic (exact) mass is 260 g/mol. The molecule has 0 saturated carbocycles. The number of ether oxygens (including phenoxy) is 1. The van der Waals surface area contributed by atoms with Crippen LogP contribution in [0.15, 0.2) is 42.5 Å². The molecule has 0 amide bonds. The Morgan fingerprint density at radius 2 is 1.95 bits per heavy atom. The van der Waals surface area contributed by atoms with Gasteiger partial charge in [0, 0.05) is 5.57 Å². The van der Waals surface area contributed by atoms with Crippen molar-refractivity contribution in [2.75, 3.05) is 6.61 Å². The van der Waals surface area contributed by atoms with E-state index in [0.29, 0.717) is 18.1 Å². The molecule has 1 aromatic carbocycles. The summed E-state index contributed by atoms with van der Waals surface area (Å²) >= 11 is 0. The van der Waals surface area contributed by atoms with Crippen LogP contribution in [0.25, 0.3) is 0 Å². The number of carbonyl (C=O) groups excluding carboxylic acids is 1. The van der Waals surface area contributed by atoms with Crippen LogP contribution in [0.2, 0.25) is 0 Å². The first-order valence-electron chi connectivity index (χ1n) is 7.05. The Balaban J connectivity index is 2.21. The predicted molar refractivity (Wildman–Crippen MR) is 79.1 cm³/mol. The molecule has 104 valence electrons. The van der Waals surface area contributed by atoms with Crippen LogP contribution in [0.1, 0.15) is 51.0 Å². The summed E-state index contributed by atoms with van der Waals surface area (Å²) in [6.45, 7) is 8.25. The highest BCUT2D eigenvalue weighted by atomic mass is 16.5. The summed E-state index contributed by atoms with van der Waals surface area (Å²) < 4.78 is 4.91. The Labute approximate surface area is 116 Å².